The van der Waals surface area contributed by atoms with Gasteiger partial charge in [-0.1, -0.05) is 29.3 Å². The molecular weight excluding hydrogens is 231 g/mol. The van der Waals surface area contributed by atoms with Gasteiger partial charge in [-0.2, -0.15) is 0 Å². The van der Waals surface area contributed by atoms with Crippen LogP contribution in [0.4, 0.5) is 8.78 Å². The molecule has 78 valence electrons. The van der Waals surface area contributed by atoms with Crippen LogP contribution >= 0.6 is 23.2 Å². The fraction of sp³-hybridized carbons (Fsp3) is 0.333. The SMILES string of the molecule is N[C@@H](CC(F)F)c1ccc(Cl)c(Cl)c1. The van der Waals surface area contributed by atoms with E-state index in [1.165, 1.54) is 6.07 Å². The molecular formula is C9H9Cl2F2N. The summed E-state index contributed by atoms with van der Waals surface area (Å²) in [6.45, 7) is 0. The molecule has 0 aliphatic carbocycles. The summed E-state index contributed by atoms with van der Waals surface area (Å²) in [7, 11) is 0. The molecule has 1 rings (SSSR count). The van der Waals surface area contributed by atoms with Crippen molar-refractivity contribution in [3.8, 4) is 0 Å². The highest BCUT2D eigenvalue weighted by atomic mass is 35.5. The van der Waals surface area contributed by atoms with E-state index in [2.05, 4.69) is 0 Å². The average Bonchev–Trinajstić information content (AvgIpc) is 2.08. The molecule has 0 saturated carbocycles. The van der Waals surface area contributed by atoms with Gasteiger partial charge in [-0.25, -0.2) is 8.78 Å². The van der Waals surface area contributed by atoms with Gasteiger partial charge in [0.05, 0.1) is 10.0 Å². The van der Waals surface area contributed by atoms with E-state index in [1.54, 1.807) is 12.1 Å². The first kappa shape index (κ1) is 11.7. The van der Waals surface area contributed by atoms with E-state index in [-0.39, 0.29) is 6.42 Å². The zero-order chi connectivity index (χ0) is 10.7. The van der Waals surface area contributed by atoms with Gasteiger partial charge in [0, 0.05) is 12.5 Å². The van der Waals surface area contributed by atoms with Crippen molar-refractivity contribution in [1.29, 1.82) is 0 Å². The second kappa shape index (κ2) is 4.91. The molecule has 0 radical (unpaired) electrons. The molecule has 0 bridgehead atoms. The summed E-state index contributed by atoms with van der Waals surface area (Å²) in [5, 5.41) is 0.716. The number of hydrogen-bond acceptors (Lipinski definition) is 1. The molecule has 14 heavy (non-hydrogen) atoms. The molecule has 0 fully saturated rings. The fourth-order valence-corrected chi connectivity index (χ4v) is 1.38. The highest BCUT2D eigenvalue weighted by Crippen LogP contribution is 2.26. The van der Waals surface area contributed by atoms with Crippen molar-refractivity contribution in [2.45, 2.75) is 18.9 Å². The molecule has 5 heteroatoms. The molecule has 2 N–H and O–H groups in total. The summed E-state index contributed by atoms with van der Waals surface area (Å²) < 4.78 is 24.0. The highest BCUT2D eigenvalue weighted by Gasteiger charge is 2.13. The molecule has 0 saturated heterocycles. The largest absolute Gasteiger partial charge is 0.324 e. The minimum absolute atomic E-state index is 0.328. The van der Waals surface area contributed by atoms with Crippen LogP contribution in [0.1, 0.15) is 18.0 Å². The maximum absolute atomic E-state index is 12.0. The Bertz CT molecular complexity index is 318. The lowest BCUT2D eigenvalue weighted by Crippen LogP contribution is -2.13. The van der Waals surface area contributed by atoms with Crippen LogP contribution in [-0.2, 0) is 0 Å². The predicted octanol–water partition coefficient (Wildman–Crippen LogP) is 3.65. The maximum Gasteiger partial charge on any atom is 0.240 e. The highest BCUT2D eigenvalue weighted by molar-refractivity contribution is 6.42. The number of halogens is 4. The molecule has 1 aromatic rings. The lowest BCUT2D eigenvalue weighted by Gasteiger charge is -2.11. The zero-order valence-electron chi connectivity index (χ0n) is 7.18. The van der Waals surface area contributed by atoms with Gasteiger partial charge in [-0.3, -0.25) is 0 Å². The Morgan fingerprint density at radius 2 is 1.86 bits per heavy atom. The Hall–Kier alpha value is -0.380. The number of hydrogen-bond donors (Lipinski definition) is 1. The van der Waals surface area contributed by atoms with Crippen molar-refractivity contribution in [3.63, 3.8) is 0 Å². The normalized spacial score (nSPS) is 13.3. The van der Waals surface area contributed by atoms with Crippen LogP contribution in [0, 0.1) is 0 Å². The quantitative estimate of drug-likeness (QED) is 0.857. The third-order valence-corrected chi connectivity index (χ3v) is 2.54. The van der Waals surface area contributed by atoms with Crippen LogP contribution in [0.3, 0.4) is 0 Å². The minimum Gasteiger partial charge on any atom is -0.324 e. The first-order chi connectivity index (χ1) is 6.50. The molecule has 1 atom stereocenters. The van der Waals surface area contributed by atoms with Crippen molar-refractivity contribution in [2.24, 2.45) is 5.73 Å². The van der Waals surface area contributed by atoms with Crippen LogP contribution < -0.4 is 5.73 Å². The van der Waals surface area contributed by atoms with Gasteiger partial charge >= 0.3 is 0 Å². The first-order valence-corrected chi connectivity index (χ1v) is 4.75. The fourth-order valence-electron chi connectivity index (χ4n) is 1.07. The van der Waals surface area contributed by atoms with E-state index >= 15 is 0 Å². The standard InChI is InChI=1S/C9H9Cl2F2N/c10-6-2-1-5(3-7(6)11)8(14)4-9(12)13/h1-3,8-9H,4,14H2/t8-/m0/s1. The van der Waals surface area contributed by atoms with Gasteiger partial charge in [-0.15, -0.1) is 0 Å². The van der Waals surface area contributed by atoms with Crippen molar-refractivity contribution in [1.82, 2.24) is 0 Å². The van der Waals surface area contributed by atoms with E-state index in [4.69, 9.17) is 28.9 Å². The summed E-state index contributed by atoms with van der Waals surface area (Å²) in [4.78, 5) is 0. The molecule has 0 unspecified atom stereocenters. The molecule has 0 aliphatic heterocycles. The molecule has 1 aromatic carbocycles. The smallest absolute Gasteiger partial charge is 0.240 e. The third-order valence-electron chi connectivity index (χ3n) is 1.80. The Balaban J connectivity index is 2.80. The number of nitrogens with two attached hydrogens (primary N) is 1. The van der Waals surface area contributed by atoms with E-state index < -0.39 is 12.5 Å². The topological polar surface area (TPSA) is 26.0 Å². The average molecular weight is 240 g/mol. The maximum atomic E-state index is 12.0. The monoisotopic (exact) mass is 239 g/mol. The lowest BCUT2D eigenvalue weighted by molar-refractivity contribution is 0.128. The minimum atomic E-state index is -2.42. The van der Waals surface area contributed by atoms with Crippen molar-refractivity contribution in [3.05, 3.63) is 33.8 Å². The third kappa shape index (κ3) is 3.08. The van der Waals surface area contributed by atoms with Gasteiger partial charge in [0.15, 0.2) is 0 Å². The lowest BCUT2D eigenvalue weighted by atomic mass is 10.1. The number of benzene rings is 1. The second-order valence-corrected chi connectivity index (χ2v) is 3.72. The number of alkyl halides is 2. The second-order valence-electron chi connectivity index (χ2n) is 2.91. The van der Waals surface area contributed by atoms with Crippen molar-refractivity contribution in [2.75, 3.05) is 0 Å². The van der Waals surface area contributed by atoms with E-state index in [9.17, 15) is 8.78 Å². The van der Waals surface area contributed by atoms with E-state index in [0.717, 1.165) is 0 Å². The van der Waals surface area contributed by atoms with Crippen LogP contribution in [0.15, 0.2) is 18.2 Å². The number of rotatable bonds is 3. The van der Waals surface area contributed by atoms with Crippen LogP contribution in [0.5, 0.6) is 0 Å². The van der Waals surface area contributed by atoms with Gasteiger partial charge < -0.3 is 5.73 Å². The zero-order valence-corrected chi connectivity index (χ0v) is 8.69. The van der Waals surface area contributed by atoms with Gasteiger partial charge in [0.25, 0.3) is 0 Å². The molecule has 0 aromatic heterocycles. The summed E-state index contributed by atoms with van der Waals surface area (Å²) in [5.74, 6) is 0. The summed E-state index contributed by atoms with van der Waals surface area (Å²) in [5.41, 5.74) is 6.10. The Morgan fingerprint density at radius 1 is 1.21 bits per heavy atom. The van der Waals surface area contributed by atoms with Crippen molar-refractivity contribution >= 4 is 23.2 Å². The summed E-state index contributed by atoms with van der Waals surface area (Å²) in [6, 6.07) is 3.95. The molecule has 0 amide bonds. The van der Waals surface area contributed by atoms with Crippen LogP contribution in [0.2, 0.25) is 10.0 Å². The van der Waals surface area contributed by atoms with E-state index in [0.29, 0.717) is 15.6 Å². The van der Waals surface area contributed by atoms with Crippen LogP contribution in [-0.4, -0.2) is 6.43 Å². The summed E-state index contributed by atoms with van der Waals surface area (Å²) in [6.07, 6.45) is -2.79. The predicted molar refractivity (Wildman–Crippen MR) is 54.0 cm³/mol. The molecule has 0 heterocycles. The summed E-state index contributed by atoms with van der Waals surface area (Å²) >= 11 is 11.4. The molecule has 1 nitrogen and oxygen atoms in total. The van der Waals surface area contributed by atoms with Gasteiger partial charge in [-0.05, 0) is 17.7 Å². The van der Waals surface area contributed by atoms with Crippen molar-refractivity contribution < 1.29 is 8.78 Å². The molecule has 0 aliphatic rings. The Labute approximate surface area is 90.8 Å². The van der Waals surface area contributed by atoms with Gasteiger partial charge in [0.2, 0.25) is 6.43 Å². The van der Waals surface area contributed by atoms with Gasteiger partial charge in [0.1, 0.15) is 0 Å². The Morgan fingerprint density at radius 3 is 2.36 bits per heavy atom. The van der Waals surface area contributed by atoms with E-state index in [1.807, 2.05) is 0 Å². The molecule has 0 spiro atoms. The first-order valence-electron chi connectivity index (χ1n) is 3.99. The Kier molecular flexibility index (Phi) is 4.11. The van der Waals surface area contributed by atoms with Crippen LogP contribution in [0.25, 0.3) is 0 Å².